The van der Waals surface area contributed by atoms with E-state index in [0.29, 0.717) is 34.0 Å². The van der Waals surface area contributed by atoms with Crippen molar-refractivity contribution in [1.82, 2.24) is 0 Å². The van der Waals surface area contributed by atoms with Crippen molar-refractivity contribution in [2.75, 3.05) is 25.7 Å². The van der Waals surface area contributed by atoms with Gasteiger partial charge in [0, 0.05) is 17.2 Å². The highest BCUT2D eigenvalue weighted by molar-refractivity contribution is 6.32. The van der Waals surface area contributed by atoms with Crippen LogP contribution in [-0.2, 0) is 5.41 Å². The van der Waals surface area contributed by atoms with Crippen LogP contribution in [0.25, 0.3) is 0 Å². The topological polar surface area (TPSA) is 58.9 Å². The molecule has 0 radical (unpaired) electrons. The zero-order chi connectivity index (χ0) is 21.6. The molecule has 2 rings (SSSR count). The maximum Gasteiger partial charge on any atom is 0.138 e. The number of hydrogen-bond donors (Lipinski definition) is 2. The maximum absolute atomic E-state index is 9.43. The quantitative estimate of drug-likeness (QED) is 0.471. The van der Waals surface area contributed by atoms with Crippen LogP contribution in [0.5, 0.6) is 11.5 Å². The molecule has 2 aromatic carbocycles. The first-order chi connectivity index (χ1) is 13.7. The molecule has 0 saturated carbocycles. The Hall–Kier alpha value is -1.17. The molecule has 0 aliphatic heterocycles. The summed E-state index contributed by atoms with van der Waals surface area (Å²) in [6, 6.07) is 11.3. The zero-order valence-corrected chi connectivity index (χ0v) is 19.1. The van der Waals surface area contributed by atoms with Gasteiger partial charge >= 0.3 is 0 Å². The first-order valence-electron chi connectivity index (χ1n) is 9.39. The molecular formula is C22H27Cl3O4. The van der Waals surface area contributed by atoms with Gasteiger partial charge in [-0.1, -0.05) is 56.1 Å². The van der Waals surface area contributed by atoms with Gasteiger partial charge in [0.05, 0.1) is 23.3 Å². The molecule has 0 fully saturated rings. The molecule has 0 saturated heterocycles. The summed E-state index contributed by atoms with van der Waals surface area (Å²) in [4.78, 5) is 0. The van der Waals surface area contributed by atoms with Crippen LogP contribution >= 0.6 is 34.8 Å². The molecule has 0 aromatic heterocycles. The summed E-state index contributed by atoms with van der Waals surface area (Å²) in [5, 5.41) is 19.3. The number of ether oxygens (including phenoxy) is 2. The summed E-state index contributed by atoms with van der Waals surface area (Å²) in [6.07, 6.45) is -0.947. The number of benzene rings is 2. The fourth-order valence-electron chi connectivity index (χ4n) is 2.70. The van der Waals surface area contributed by atoms with Gasteiger partial charge in [0.2, 0.25) is 0 Å². The van der Waals surface area contributed by atoms with Crippen LogP contribution in [-0.4, -0.2) is 42.0 Å². The number of alkyl halides is 1. The molecule has 2 atom stereocenters. The van der Waals surface area contributed by atoms with Gasteiger partial charge in [0.25, 0.3) is 0 Å². The number of aliphatic hydroxyl groups excluding tert-OH is 2. The fraction of sp³-hybridized carbons (Fsp3) is 0.455. The second-order valence-electron chi connectivity index (χ2n) is 7.63. The first kappa shape index (κ1) is 24.1. The summed E-state index contributed by atoms with van der Waals surface area (Å²) < 4.78 is 11.2. The average molecular weight is 462 g/mol. The molecule has 0 bridgehead atoms. The van der Waals surface area contributed by atoms with Crippen molar-refractivity contribution in [2.24, 2.45) is 5.92 Å². The number of halogens is 3. The average Bonchev–Trinajstić information content (AvgIpc) is 2.71. The summed E-state index contributed by atoms with van der Waals surface area (Å²) >= 11 is 18.6. The van der Waals surface area contributed by atoms with E-state index < -0.39 is 6.10 Å². The molecule has 0 aliphatic rings. The van der Waals surface area contributed by atoms with Crippen LogP contribution in [0.1, 0.15) is 31.9 Å². The van der Waals surface area contributed by atoms with E-state index in [1.54, 1.807) is 6.07 Å². The molecule has 4 nitrogen and oxygen atoms in total. The Labute approximate surface area is 187 Å². The maximum atomic E-state index is 9.43. The molecule has 0 spiro atoms. The third-order valence-corrected chi connectivity index (χ3v) is 5.85. The Kier molecular flexibility index (Phi) is 8.92. The van der Waals surface area contributed by atoms with E-state index in [-0.39, 0.29) is 24.5 Å². The van der Waals surface area contributed by atoms with E-state index in [9.17, 15) is 5.11 Å². The summed E-state index contributed by atoms with van der Waals surface area (Å²) in [7, 11) is 0. The van der Waals surface area contributed by atoms with E-state index in [1.165, 1.54) is 0 Å². The largest absolute Gasteiger partial charge is 0.492 e. The first-order valence-corrected chi connectivity index (χ1v) is 10.7. The van der Waals surface area contributed by atoms with Gasteiger partial charge in [0.15, 0.2) is 0 Å². The van der Waals surface area contributed by atoms with Crippen LogP contribution in [0.15, 0.2) is 36.4 Å². The van der Waals surface area contributed by atoms with Crippen LogP contribution in [0.4, 0.5) is 0 Å². The van der Waals surface area contributed by atoms with Crippen molar-refractivity contribution in [1.29, 1.82) is 0 Å². The molecule has 0 heterocycles. The Morgan fingerprint density at radius 1 is 0.931 bits per heavy atom. The highest BCUT2D eigenvalue weighted by Crippen LogP contribution is 2.38. The predicted octanol–water partition coefficient (Wildman–Crippen LogP) is 5.31. The summed E-state index contributed by atoms with van der Waals surface area (Å²) in [5.74, 6) is 1.86. The summed E-state index contributed by atoms with van der Waals surface area (Å²) in [6.45, 7) is 6.29. The van der Waals surface area contributed by atoms with Gasteiger partial charge in [-0.25, -0.2) is 0 Å². The minimum atomic E-state index is -0.947. The second kappa shape index (κ2) is 10.7. The van der Waals surface area contributed by atoms with Crippen molar-refractivity contribution in [3.05, 3.63) is 57.6 Å². The Morgan fingerprint density at radius 2 is 1.41 bits per heavy atom. The van der Waals surface area contributed by atoms with Crippen LogP contribution in [0, 0.1) is 5.92 Å². The van der Waals surface area contributed by atoms with E-state index in [4.69, 9.17) is 49.4 Å². The van der Waals surface area contributed by atoms with Gasteiger partial charge in [-0.2, -0.15) is 0 Å². The fourth-order valence-corrected chi connectivity index (χ4v) is 3.25. The lowest BCUT2D eigenvalue weighted by molar-refractivity contribution is 0.0536. The highest BCUT2D eigenvalue weighted by atomic mass is 35.5. The molecule has 0 amide bonds. The van der Waals surface area contributed by atoms with Gasteiger partial charge < -0.3 is 19.7 Å². The molecule has 160 valence electrons. The van der Waals surface area contributed by atoms with Crippen molar-refractivity contribution in [2.45, 2.75) is 32.3 Å². The van der Waals surface area contributed by atoms with Gasteiger partial charge in [0.1, 0.15) is 24.2 Å². The Balaban J connectivity index is 2.19. The second-order valence-corrected chi connectivity index (χ2v) is 8.76. The third-order valence-electron chi connectivity index (χ3n) is 4.74. The van der Waals surface area contributed by atoms with Crippen molar-refractivity contribution in [3.63, 3.8) is 0 Å². The van der Waals surface area contributed by atoms with E-state index in [0.717, 1.165) is 11.1 Å². The molecular weight excluding hydrogens is 435 g/mol. The molecule has 0 unspecified atom stereocenters. The molecule has 2 N–H and O–H groups in total. The van der Waals surface area contributed by atoms with E-state index >= 15 is 0 Å². The lowest BCUT2D eigenvalue weighted by atomic mass is 9.78. The normalized spacial score (nSPS) is 13.8. The van der Waals surface area contributed by atoms with Gasteiger partial charge in [-0.3, -0.25) is 0 Å². The zero-order valence-electron chi connectivity index (χ0n) is 16.8. The number of rotatable bonds is 10. The SMILES string of the molecule is C[C@H](CCl)COc1ccc(C(C)(C)c2ccc(OC[C@H](O)CO)c(Cl)c2)cc1Cl. The highest BCUT2D eigenvalue weighted by Gasteiger charge is 2.25. The van der Waals surface area contributed by atoms with Crippen LogP contribution < -0.4 is 9.47 Å². The van der Waals surface area contributed by atoms with Gasteiger partial charge in [-0.05, 0) is 35.4 Å². The monoisotopic (exact) mass is 460 g/mol. The number of aliphatic hydroxyl groups is 2. The predicted molar refractivity (Wildman–Crippen MR) is 119 cm³/mol. The standard InChI is InChI=1S/C22H27Cl3O4/c1-14(10-23)12-28-20-6-4-15(8-18(20)24)22(2,3)16-5-7-21(19(25)9-16)29-13-17(27)11-26/h4-9,14,17,26-27H,10-13H2,1-3H3/t14-,17-/m1/s1. The molecule has 0 aliphatic carbocycles. The molecule has 7 heteroatoms. The molecule has 2 aromatic rings. The van der Waals surface area contributed by atoms with Gasteiger partial charge in [-0.15, -0.1) is 11.6 Å². The summed E-state index contributed by atoms with van der Waals surface area (Å²) in [5.41, 5.74) is 1.64. The van der Waals surface area contributed by atoms with Crippen molar-refractivity contribution in [3.8, 4) is 11.5 Å². The van der Waals surface area contributed by atoms with Crippen LogP contribution in [0.2, 0.25) is 10.0 Å². The minimum Gasteiger partial charge on any atom is -0.492 e. The smallest absolute Gasteiger partial charge is 0.138 e. The Bertz CT molecular complexity index is 745. The van der Waals surface area contributed by atoms with E-state index in [1.807, 2.05) is 37.3 Å². The lowest BCUT2D eigenvalue weighted by Crippen LogP contribution is -2.22. The van der Waals surface area contributed by atoms with Crippen molar-refractivity contribution < 1.29 is 19.7 Å². The lowest BCUT2D eigenvalue weighted by Gasteiger charge is -2.27. The van der Waals surface area contributed by atoms with E-state index in [2.05, 4.69) is 13.8 Å². The minimum absolute atomic E-state index is 0.0294. The third kappa shape index (κ3) is 6.40. The van der Waals surface area contributed by atoms with Crippen molar-refractivity contribution >= 4 is 34.8 Å². The number of hydrogen-bond acceptors (Lipinski definition) is 4. The van der Waals surface area contributed by atoms with Crippen LogP contribution in [0.3, 0.4) is 0 Å². The molecule has 29 heavy (non-hydrogen) atoms. The Morgan fingerprint density at radius 3 is 1.83 bits per heavy atom.